The predicted molar refractivity (Wildman–Crippen MR) is 72.6 cm³/mol. The molecule has 2 rings (SSSR count). The van der Waals surface area contributed by atoms with Gasteiger partial charge in [0.25, 0.3) is 0 Å². The maximum absolute atomic E-state index is 4.50. The van der Waals surface area contributed by atoms with E-state index in [-0.39, 0.29) is 0 Å². The van der Waals surface area contributed by atoms with Crippen LogP contribution in [0.3, 0.4) is 0 Å². The van der Waals surface area contributed by atoms with Crippen molar-refractivity contribution >= 4 is 39.2 Å². The van der Waals surface area contributed by atoms with Crippen LogP contribution in [-0.4, -0.2) is 19.3 Å². The summed E-state index contributed by atoms with van der Waals surface area (Å²) in [6.45, 7) is 6.03. The number of hydrogen-bond donors (Lipinski definition) is 0. The van der Waals surface area contributed by atoms with Crippen LogP contribution in [0.4, 0.5) is 0 Å². The number of hydrogen-bond acceptors (Lipinski definition) is 6. The zero-order valence-electron chi connectivity index (χ0n) is 9.64. The largest absolute Gasteiger partial charge is 0.226 e. The van der Waals surface area contributed by atoms with Gasteiger partial charge in [0.1, 0.15) is 21.3 Å². The quantitative estimate of drug-likeness (QED) is 0.803. The molecule has 0 bridgehead atoms. The molecule has 0 aliphatic heterocycles. The van der Waals surface area contributed by atoms with Gasteiger partial charge in [-0.15, -0.1) is 0 Å². The third-order valence-corrected chi connectivity index (χ3v) is 4.07. The van der Waals surface area contributed by atoms with Crippen molar-refractivity contribution in [3.8, 4) is 0 Å². The smallest absolute Gasteiger partial charge is 0.176 e. The molecule has 0 atom stereocenters. The van der Waals surface area contributed by atoms with Crippen molar-refractivity contribution in [1.29, 1.82) is 0 Å². The van der Waals surface area contributed by atoms with Gasteiger partial charge in [-0.3, -0.25) is 0 Å². The van der Waals surface area contributed by atoms with Gasteiger partial charge in [0.15, 0.2) is 4.34 Å². The summed E-state index contributed by atoms with van der Waals surface area (Å²) in [6, 6.07) is 1.90. The molecule has 0 aromatic carbocycles. The Labute approximate surface area is 117 Å². The van der Waals surface area contributed by atoms with Crippen LogP contribution in [0, 0.1) is 6.92 Å². The van der Waals surface area contributed by atoms with Crippen LogP contribution in [0.1, 0.15) is 31.4 Å². The van der Waals surface area contributed by atoms with Gasteiger partial charge in [-0.05, 0) is 46.1 Å². The van der Waals surface area contributed by atoms with E-state index in [0.29, 0.717) is 5.92 Å². The Kier molecular flexibility index (Phi) is 4.11. The van der Waals surface area contributed by atoms with Crippen molar-refractivity contribution in [1.82, 2.24) is 19.3 Å². The van der Waals surface area contributed by atoms with Crippen LogP contribution in [0.2, 0.25) is 0 Å². The fourth-order valence-corrected chi connectivity index (χ4v) is 3.29. The summed E-state index contributed by atoms with van der Waals surface area (Å²) in [6.07, 6.45) is 0. The number of nitrogens with zero attached hydrogens (tertiary/aromatic N) is 4. The summed E-state index contributed by atoms with van der Waals surface area (Å²) < 4.78 is 5.86. The number of halogens is 1. The molecule has 0 unspecified atom stereocenters. The molecule has 2 aromatic rings. The van der Waals surface area contributed by atoms with Crippen LogP contribution >= 0.6 is 39.2 Å². The standard InChI is InChI=1S/C10H11BrN4S2/c1-5(2)9-13-7(11)4-8(14-9)16-10-12-6(3)15-17-10/h4-5H,1-3H3. The molecule has 90 valence electrons. The third kappa shape index (κ3) is 3.46. The van der Waals surface area contributed by atoms with Crippen molar-refractivity contribution in [2.45, 2.75) is 36.1 Å². The first kappa shape index (κ1) is 12.9. The second kappa shape index (κ2) is 5.41. The van der Waals surface area contributed by atoms with E-state index in [1.165, 1.54) is 23.3 Å². The van der Waals surface area contributed by atoms with Gasteiger partial charge in [-0.2, -0.15) is 4.37 Å². The molecule has 0 radical (unpaired) electrons. The highest BCUT2D eigenvalue weighted by molar-refractivity contribution is 9.10. The van der Waals surface area contributed by atoms with Crippen LogP contribution in [0.25, 0.3) is 0 Å². The molecule has 0 amide bonds. The van der Waals surface area contributed by atoms with E-state index >= 15 is 0 Å². The van der Waals surface area contributed by atoms with Crippen LogP contribution in [0.5, 0.6) is 0 Å². The van der Waals surface area contributed by atoms with Crippen molar-refractivity contribution in [3.63, 3.8) is 0 Å². The van der Waals surface area contributed by atoms with Gasteiger partial charge in [0.2, 0.25) is 0 Å². The number of aryl methyl sites for hydroxylation is 1. The minimum atomic E-state index is 0.308. The Balaban J connectivity index is 2.26. The van der Waals surface area contributed by atoms with Gasteiger partial charge in [0.05, 0.1) is 0 Å². The topological polar surface area (TPSA) is 51.6 Å². The Morgan fingerprint density at radius 2 is 2.06 bits per heavy atom. The molecule has 7 heteroatoms. The second-order valence-corrected chi connectivity index (χ2v) is 6.58. The molecule has 4 nitrogen and oxygen atoms in total. The monoisotopic (exact) mass is 330 g/mol. The Bertz CT molecular complexity index is 527. The molecule has 0 fully saturated rings. The summed E-state index contributed by atoms with van der Waals surface area (Å²) in [5.74, 6) is 1.95. The predicted octanol–water partition coefficient (Wildman–Crippen LogP) is 3.67. The third-order valence-electron chi connectivity index (χ3n) is 1.91. The van der Waals surface area contributed by atoms with Gasteiger partial charge in [-0.25, -0.2) is 15.0 Å². The second-order valence-electron chi connectivity index (χ2n) is 3.75. The molecule has 2 heterocycles. The van der Waals surface area contributed by atoms with Gasteiger partial charge < -0.3 is 0 Å². The summed E-state index contributed by atoms with van der Waals surface area (Å²) in [7, 11) is 0. The van der Waals surface area contributed by atoms with E-state index in [0.717, 1.165) is 25.6 Å². The van der Waals surface area contributed by atoms with E-state index < -0.39 is 0 Å². The summed E-state index contributed by atoms with van der Waals surface area (Å²) in [5.41, 5.74) is 0. The zero-order chi connectivity index (χ0) is 12.4. The van der Waals surface area contributed by atoms with Crippen molar-refractivity contribution in [2.24, 2.45) is 0 Å². The van der Waals surface area contributed by atoms with Crippen LogP contribution in [0.15, 0.2) is 20.0 Å². The van der Waals surface area contributed by atoms with Gasteiger partial charge in [-0.1, -0.05) is 13.8 Å². The summed E-state index contributed by atoms with van der Waals surface area (Å²) >= 11 is 6.31. The van der Waals surface area contributed by atoms with Crippen molar-refractivity contribution < 1.29 is 0 Å². The highest BCUT2D eigenvalue weighted by Crippen LogP contribution is 2.29. The molecule has 0 saturated heterocycles. The normalized spacial score (nSPS) is 11.1. The lowest BCUT2D eigenvalue weighted by atomic mass is 10.2. The Morgan fingerprint density at radius 1 is 1.29 bits per heavy atom. The van der Waals surface area contributed by atoms with E-state index in [9.17, 15) is 0 Å². The highest BCUT2D eigenvalue weighted by Gasteiger charge is 2.10. The molecule has 0 spiro atoms. The molecule has 0 aliphatic rings. The van der Waals surface area contributed by atoms with Gasteiger partial charge in [0, 0.05) is 12.0 Å². The lowest BCUT2D eigenvalue weighted by Gasteiger charge is -2.05. The molecule has 0 saturated carbocycles. The summed E-state index contributed by atoms with van der Waals surface area (Å²) in [5, 5.41) is 0.895. The first-order valence-corrected chi connectivity index (χ1v) is 7.45. The Hall–Kier alpha value is -0.530. The van der Waals surface area contributed by atoms with Crippen molar-refractivity contribution in [3.05, 3.63) is 22.3 Å². The maximum Gasteiger partial charge on any atom is 0.176 e. The molecule has 17 heavy (non-hydrogen) atoms. The average molecular weight is 331 g/mol. The number of rotatable bonds is 3. The minimum absolute atomic E-state index is 0.308. The fourth-order valence-electron chi connectivity index (χ4n) is 1.13. The molecular weight excluding hydrogens is 320 g/mol. The van der Waals surface area contributed by atoms with E-state index in [2.05, 4.69) is 49.1 Å². The van der Waals surface area contributed by atoms with E-state index in [1.807, 2.05) is 13.0 Å². The summed E-state index contributed by atoms with van der Waals surface area (Å²) in [4.78, 5) is 13.1. The van der Waals surface area contributed by atoms with Gasteiger partial charge >= 0.3 is 0 Å². The SMILES string of the molecule is Cc1nsc(Sc2cc(Br)nc(C(C)C)n2)n1. The minimum Gasteiger partial charge on any atom is -0.226 e. The van der Waals surface area contributed by atoms with E-state index in [1.54, 1.807) is 0 Å². The first-order chi connectivity index (χ1) is 8.04. The molecular formula is C10H11BrN4S2. The van der Waals surface area contributed by atoms with E-state index in [4.69, 9.17) is 0 Å². The fraction of sp³-hybridized carbons (Fsp3) is 0.400. The maximum atomic E-state index is 4.50. The average Bonchev–Trinajstić information content (AvgIpc) is 2.63. The first-order valence-electron chi connectivity index (χ1n) is 5.07. The number of aromatic nitrogens is 4. The molecule has 0 aliphatic carbocycles. The highest BCUT2D eigenvalue weighted by atomic mass is 79.9. The lowest BCUT2D eigenvalue weighted by Crippen LogP contribution is -1.98. The molecule has 2 aromatic heterocycles. The lowest BCUT2D eigenvalue weighted by molar-refractivity contribution is 0.747. The Morgan fingerprint density at radius 3 is 2.65 bits per heavy atom. The van der Waals surface area contributed by atoms with Crippen LogP contribution < -0.4 is 0 Å². The van der Waals surface area contributed by atoms with Crippen LogP contribution in [-0.2, 0) is 0 Å². The zero-order valence-corrected chi connectivity index (χ0v) is 12.9. The molecule has 0 N–H and O–H groups in total. The van der Waals surface area contributed by atoms with Crippen molar-refractivity contribution in [2.75, 3.05) is 0 Å².